The molecule has 1 aliphatic heterocycles. The molecule has 4 heteroatoms. The molecule has 2 aromatic rings. The van der Waals surface area contributed by atoms with Crippen molar-refractivity contribution in [2.45, 2.75) is 25.3 Å². The summed E-state index contributed by atoms with van der Waals surface area (Å²) in [6, 6.07) is 7.69. The number of amides is 1. The highest BCUT2D eigenvalue weighted by Gasteiger charge is 2.29. The Hall–Kier alpha value is -1.81. The van der Waals surface area contributed by atoms with Crippen molar-refractivity contribution < 1.29 is 9.53 Å². The Bertz CT molecular complexity index is 597. The molecule has 1 aliphatic rings. The first-order valence-corrected chi connectivity index (χ1v) is 6.64. The van der Waals surface area contributed by atoms with Crippen molar-refractivity contribution in [3.8, 4) is 0 Å². The minimum absolute atomic E-state index is 0.00694. The lowest BCUT2D eigenvalue weighted by molar-refractivity contribution is 0.0423. The van der Waals surface area contributed by atoms with Crippen LogP contribution in [0, 0.1) is 0 Å². The van der Waals surface area contributed by atoms with Crippen molar-refractivity contribution in [3.05, 3.63) is 36.0 Å². The fraction of sp³-hybridized carbons (Fsp3) is 0.400. The molecule has 19 heavy (non-hydrogen) atoms. The molecule has 100 valence electrons. The number of rotatable bonds is 2. The molecule has 1 fully saturated rings. The van der Waals surface area contributed by atoms with Crippen molar-refractivity contribution >= 4 is 16.8 Å². The van der Waals surface area contributed by atoms with Crippen LogP contribution in [0.5, 0.6) is 0 Å². The van der Waals surface area contributed by atoms with Gasteiger partial charge in [0.2, 0.25) is 0 Å². The molecule has 3 rings (SSSR count). The second-order valence-electron chi connectivity index (χ2n) is 5.41. The van der Waals surface area contributed by atoms with Crippen LogP contribution in [-0.2, 0) is 4.74 Å². The third-order valence-corrected chi connectivity index (χ3v) is 3.83. The van der Waals surface area contributed by atoms with E-state index in [0.29, 0.717) is 18.8 Å². The van der Waals surface area contributed by atoms with E-state index < -0.39 is 0 Å². The summed E-state index contributed by atoms with van der Waals surface area (Å²) in [5.74, 6) is -0.00694. The van der Waals surface area contributed by atoms with E-state index in [1.807, 2.05) is 30.5 Å². The van der Waals surface area contributed by atoms with E-state index in [9.17, 15) is 4.79 Å². The zero-order valence-electron chi connectivity index (χ0n) is 11.0. The standard InChI is InChI=1S/C15H18N2O2/c1-15(5-8-19-9-6-15)17-14(18)12-2-3-13-11(10-12)4-7-16-13/h2-4,7,10,16H,5-6,8-9H2,1H3,(H,17,18). The van der Waals surface area contributed by atoms with E-state index in [0.717, 1.165) is 23.7 Å². The van der Waals surface area contributed by atoms with E-state index in [4.69, 9.17) is 4.74 Å². The van der Waals surface area contributed by atoms with Gasteiger partial charge in [-0.25, -0.2) is 0 Å². The van der Waals surface area contributed by atoms with Crippen molar-refractivity contribution in [2.24, 2.45) is 0 Å². The predicted molar refractivity (Wildman–Crippen MR) is 74.2 cm³/mol. The van der Waals surface area contributed by atoms with Gasteiger partial charge >= 0.3 is 0 Å². The largest absolute Gasteiger partial charge is 0.381 e. The normalized spacial score (nSPS) is 18.4. The zero-order valence-corrected chi connectivity index (χ0v) is 11.0. The molecule has 1 aromatic carbocycles. The van der Waals surface area contributed by atoms with Crippen LogP contribution in [0.1, 0.15) is 30.1 Å². The molecule has 0 radical (unpaired) electrons. The summed E-state index contributed by atoms with van der Waals surface area (Å²) in [5.41, 5.74) is 1.61. The number of aromatic amines is 1. The van der Waals surface area contributed by atoms with Crippen LogP contribution in [0.25, 0.3) is 10.9 Å². The van der Waals surface area contributed by atoms with Gasteiger partial charge in [-0.2, -0.15) is 0 Å². The number of H-pyrrole nitrogens is 1. The summed E-state index contributed by atoms with van der Waals surface area (Å²) >= 11 is 0. The predicted octanol–water partition coefficient (Wildman–Crippen LogP) is 2.47. The highest BCUT2D eigenvalue weighted by Crippen LogP contribution is 2.21. The number of ether oxygens (including phenoxy) is 1. The van der Waals surface area contributed by atoms with E-state index in [1.165, 1.54) is 0 Å². The van der Waals surface area contributed by atoms with Crippen molar-refractivity contribution in [3.63, 3.8) is 0 Å². The van der Waals surface area contributed by atoms with E-state index in [2.05, 4.69) is 17.2 Å². The van der Waals surface area contributed by atoms with Gasteiger partial charge in [0.05, 0.1) is 0 Å². The molecule has 0 saturated carbocycles. The fourth-order valence-electron chi connectivity index (χ4n) is 2.49. The number of carbonyl (C=O) groups excluding carboxylic acids is 1. The third-order valence-electron chi connectivity index (χ3n) is 3.83. The van der Waals surface area contributed by atoms with Gasteiger partial charge in [-0.15, -0.1) is 0 Å². The molecule has 0 aliphatic carbocycles. The summed E-state index contributed by atoms with van der Waals surface area (Å²) in [5, 5.41) is 4.20. The van der Waals surface area contributed by atoms with E-state index in [-0.39, 0.29) is 11.4 Å². The van der Waals surface area contributed by atoms with Crippen molar-refractivity contribution in [2.75, 3.05) is 13.2 Å². The molecule has 4 nitrogen and oxygen atoms in total. The summed E-state index contributed by atoms with van der Waals surface area (Å²) in [6.07, 6.45) is 3.61. The summed E-state index contributed by atoms with van der Waals surface area (Å²) in [6.45, 7) is 3.52. The average molecular weight is 258 g/mol. The molecule has 0 atom stereocenters. The highest BCUT2D eigenvalue weighted by molar-refractivity contribution is 5.98. The molecule has 2 N–H and O–H groups in total. The van der Waals surface area contributed by atoms with Gasteiger partial charge in [-0.1, -0.05) is 0 Å². The number of hydrogen-bond acceptors (Lipinski definition) is 2. The number of carbonyl (C=O) groups is 1. The Morgan fingerprint density at radius 3 is 2.89 bits per heavy atom. The minimum Gasteiger partial charge on any atom is -0.381 e. The first-order chi connectivity index (χ1) is 9.16. The van der Waals surface area contributed by atoms with Crippen LogP contribution in [0.4, 0.5) is 0 Å². The lowest BCUT2D eigenvalue weighted by Crippen LogP contribution is -2.49. The Morgan fingerprint density at radius 1 is 1.32 bits per heavy atom. The topological polar surface area (TPSA) is 54.1 Å². The van der Waals surface area contributed by atoms with Gasteiger partial charge in [0.15, 0.2) is 0 Å². The second kappa shape index (κ2) is 4.70. The van der Waals surface area contributed by atoms with Crippen molar-refractivity contribution in [1.82, 2.24) is 10.3 Å². The minimum atomic E-state index is -0.150. The Balaban J connectivity index is 1.79. The first-order valence-electron chi connectivity index (χ1n) is 6.64. The third kappa shape index (κ3) is 2.49. The summed E-state index contributed by atoms with van der Waals surface area (Å²) in [7, 11) is 0. The molecule has 0 spiro atoms. The zero-order chi connectivity index (χ0) is 13.3. The summed E-state index contributed by atoms with van der Waals surface area (Å²) in [4.78, 5) is 15.4. The number of nitrogens with one attached hydrogen (secondary N) is 2. The van der Waals surface area contributed by atoms with Crippen LogP contribution in [0.2, 0.25) is 0 Å². The molecule has 0 bridgehead atoms. The Kier molecular flexibility index (Phi) is 3.03. The maximum atomic E-state index is 12.3. The Morgan fingerprint density at radius 2 is 2.11 bits per heavy atom. The molecule has 1 amide bonds. The summed E-state index contributed by atoms with van der Waals surface area (Å²) < 4.78 is 5.34. The lowest BCUT2D eigenvalue weighted by atomic mass is 9.92. The quantitative estimate of drug-likeness (QED) is 0.869. The molecule has 2 heterocycles. The molecule has 1 saturated heterocycles. The van der Waals surface area contributed by atoms with E-state index >= 15 is 0 Å². The van der Waals surface area contributed by atoms with Gasteiger partial charge in [-0.3, -0.25) is 4.79 Å². The van der Waals surface area contributed by atoms with Gasteiger partial charge in [-0.05, 0) is 44.0 Å². The number of hydrogen-bond donors (Lipinski definition) is 2. The smallest absolute Gasteiger partial charge is 0.251 e. The number of fused-ring (bicyclic) bond motifs is 1. The van der Waals surface area contributed by atoms with Gasteiger partial charge < -0.3 is 15.0 Å². The first kappa shape index (κ1) is 12.2. The number of benzene rings is 1. The van der Waals surface area contributed by atoms with Gasteiger partial charge in [0.1, 0.15) is 0 Å². The average Bonchev–Trinajstić information content (AvgIpc) is 2.86. The SMILES string of the molecule is CC1(NC(=O)c2ccc3[nH]ccc3c2)CCOCC1. The van der Waals surface area contributed by atoms with Crippen LogP contribution < -0.4 is 5.32 Å². The molecular formula is C15H18N2O2. The van der Waals surface area contributed by atoms with Crippen LogP contribution in [0.15, 0.2) is 30.5 Å². The molecule has 0 unspecified atom stereocenters. The second-order valence-corrected chi connectivity index (χ2v) is 5.41. The van der Waals surface area contributed by atoms with Gasteiger partial charge in [0, 0.05) is 41.4 Å². The highest BCUT2D eigenvalue weighted by atomic mass is 16.5. The fourth-order valence-corrected chi connectivity index (χ4v) is 2.49. The van der Waals surface area contributed by atoms with Crippen molar-refractivity contribution in [1.29, 1.82) is 0 Å². The Labute approximate surface area is 112 Å². The monoisotopic (exact) mass is 258 g/mol. The van der Waals surface area contributed by atoms with E-state index in [1.54, 1.807) is 0 Å². The molecular weight excluding hydrogens is 240 g/mol. The van der Waals surface area contributed by atoms with Crippen LogP contribution >= 0.6 is 0 Å². The maximum absolute atomic E-state index is 12.3. The molecule has 1 aromatic heterocycles. The lowest BCUT2D eigenvalue weighted by Gasteiger charge is -2.34. The number of aromatic nitrogens is 1. The maximum Gasteiger partial charge on any atom is 0.251 e. The van der Waals surface area contributed by atoms with Crippen LogP contribution in [0.3, 0.4) is 0 Å². The van der Waals surface area contributed by atoms with Gasteiger partial charge in [0.25, 0.3) is 5.91 Å². The van der Waals surface area contributed by atoms with Crippen LogP contribution in [-0.4, -0.2) is 29.6 Å².